The van der Waals surface area contributed by atoms with Gasteiger partial charge >= 0.3 is 0 Å². The average molecular weight is 341 g/mol. The lowest BCUT2D eigenvalue weighted by Crippen LogP contribution is -2.44. The van der Waals surface area contributed by atoms with Crippen molar-refractivity contribution in [3.8, 4) is 0 Å². The molecule has 0 bridgehead atoms. The lowest BCUT2D eigenvalue weighted by molar-refractivity contribution is -0.119. The van der Waals surface area contributed by atoms with Gasteiger partial charge in [-0.15, -0.1) is 0 Å². The first kappa shape index (κ1) is 18.2. The molecule has 25 heavy (non-hydrogen) atoms. The normalized spacial score (nSPS) is 21.7. The number of carbonyl (C=O) groups is 1. The van der Waals surface area contributed by atoms with E-state index in [-0.39, 0.29) is 11.5 Å². The third-order valence-corrected chi connectivity index (χ3v) is 5.62. The largest absolute Gasteiger partial charge is 0.379 e. The maximum absolute atomic E-state index is 12.8. The Bertz CT molecular complexity index is 682. The number of hydrogen-bond donors (Lipinski definition) is 2. The van der Waals surface area contributed by atoms with Crippen molar-refractivity contribution in [1.29, 1.82) is 0 Å². The summed E-state index contributed by atoms with van der Waals surface area (Å²) in [5.74, 6) is 0.528. The molecule has 1 aliphatic heterocycles. The predicted octanol–water partition coefficient (Wildman–Crippen LogP) is 4.13. The van der Waals surface area contributed by atoms with Gasteiger partial charge in [0.1, 0.15) is 0 Å². The summed E-state index contributed by atoms with van der Waals surface area (Å²) in [5.41, 5.74) is 6.17. The SMILES string of the molecule is CNCc1cc2c(cc1C)CC(C)(C)NC2=CC(=O)C1CCCCC1. The molecule has 1 aromatic carbocycles. The number of hydrogen-bond acceptors (Lipinski definition) is 3. The molecule has 0 atom stereocenters. The van der Waals surface area contributed by atoms with Crippen LogP contribution >= 0.6 is 0 Å². The molecule has 0 spiro atoms. The molecule has 1 aromatic rings. The molecule has 0 amide bonds. The molecule has 3 nitrogen and oxygen atoms in total. The summed E-state index contributed by atoms with van der Waals surface area (Å²) in [5, 5.41) is 6.88. The molecule has 0 aromatic heterocycles. The summed E-state index contributed by atoms with van der Waals surface area (Å²) in [6.45, 7) is 7.46. The molecule has 0 saturated heterocycles. The van der Waals surface area contributed by atoms with Gasteiger partial charge in [-0.3, -0.25) is 4.79 Å². The van der Waals surface area contributed by atoms with E-state index in [1.807, 2.05) is 13.1 Å². The number of aryl methyl sites for hydroxylation is 1. The molecule has 3 rings (SSSR count). The molecule has 1 fully saturated rings. The molecular weight excluding hydrogens is 308 g/mol. The van der Waals surface area contributed by atoms with Crippen LogP contribution in [0.4, 0.5) is 0 Å². The third kappa shape index (κ3) is 4.14. The van der Waals surface area contributed by atoms with Crippen molar-refractivity contribution >= 4 is 11.5 Å². The van der Waals surface area contributed by atoms with Crippen LogP contribution in [0.3, 0.4) is 0 Å². The van der Waals surface area contributed by atoms with Gasteiger partial charge in [0.15, 0.2) is 5.78 Å². The Morgan fingerprint density at radius 2 is 2.00 bits per heavy atom. The quantitative estimate of drug-likeness (QED) is 0.810. The second-order valence-corrected chi connectivity index (χ2v) is 8.45. The Balaban J connectivity index is 1.97. The number of ketones is 1. The second-order valence-electron chi connectivity index (χ2n) is 8.45. The highest BCUT2D eigenvalue weighted by Gasteiger charge is 2.29. The number of carbonyl (C=O) groups excluding carboxylic acids is 1. The summed E-state index contributed by atoms with van der Waals surface area (Å²) in [6, 6.07) is 4.58. The van der Waals surface area contributed by atoms with Crippen molar-refractivity contribution in [2.75, 3.05) is 7.05 Å². The summed E-state index contributed by atoms with van der Waals surface area (Å²) in [7, 11) is 1.98. The zero-order valence-electron chi connectivity index (χ0n) is 16.2. The minimum atomic E-state index is -0.0252. The molecule has 136 valence electrons. The third-order valence-electron chi connectivity index (χ3n) is 5.62. The van der Waals surface area contributed by atoms with Crippen LogP contribution in [0.25, 0.3) is 5.70 Å². The van der Waals surface area contributed by atoms with Crippen molar-refractivity contribution in [3.63, 3.8) is 0 Å². The fourth-order valence-corrected chi connectivity index (χ4v) is 4.30. The molecule has 0 radical (unpaired) electrons. The molecule has 2 aliphatic rings. The molecule has 1 saturated carbocycles. The lowest BCUT2D eigenvalue weighted by Gasteiger charge is -2.36. The Labute approximate surface area is 152 Å². The highest BCUT2D eigenvalue weighted by Crippen LogP contribution is 2.33. The van der Waals surface area contributed by atoms with E-state index in [1.54, 1.807) is 0 Å². The van der Waals surface area contributed by atoms with E-state index in [0.717, 1.165) is 31.5 Å². The summed E-state index contributed by atoms with van der Waals surface area (Å²) >= 11 is 0. The van der Waals surface area contributed by atoms with Crippen molar-refractivity contribution < 1.29 is 4.79 Å². The first-order valence-corrected chi connectivity index (χ1v) is 9.71. The van der Waals surface area contributed by atoms with Crippen LogP contribution in [-0.2, 0) is 17.8 Å². The van der Waals surface area contributed by atoms with E-state index in [4.69, 9.17) is 0 Å². The Morgan fingerprint density at radius 1 is 1.28 bits per heavy atom. The smallest absolute Gasteiger partial charge is 0.160 e. The van der Waals surface area contributed by atoms with Crippen LogP contribution in [0.2, 0.25) is 0 Å². The molecule has 1 aliphatic carbocycles. The average Bonchev–Trinajstić information content (AvgIpc) is 2.56. The van der Waals surface area contributed by atoms with Crippen LogP contribution in [0, 0.1) is 12.8 Å². The number of rotatable bonds is 4. The van der Waals surface area contributed by atoms with Gasteiger partial charge in [0.2, 0.25) is 0 Å². The van der Waals surface area contributed by atoms with Gasteiger partial charge in [0.25, 0.3) is 0 Å². The van der Waals surface area contributed by atoms with Gasteiger partial charge in [0.05, 0.1) is 0 Å². The summed E-state index contributed by atoms with van der Waals surface area (Å²) in [6.07, 6.45) is 8.66. The first-order valence-electron chi connectivity index (χ1n) is 9.71. The molecule has 1 heterocycles. The van der Waals surface area contributed by atoms with Crippen molar-refractivity contribution in [1.82, 2.24) is 10.6 Å². The molecule has 0 unspecified atom stereocenters. The van der Waals surface area contributed by atoms with Crippen LogP contribution < -0.4 is 10.6 Å². The summed E-state index contributed by atoms with van der Waals surface area (Å²) in [4.78, 5) is 12.8. The first-order chi connectivity index (χ1) is 11.9. The fraction of sp³-hybridized carbons (Fsp3) is 0.591. The van der Waals surface area contributed by atoms with Gasteiger partial charge in [-0.05, 0) is 69.8 Å². The maximum Gasteiger partial charge on any atom is 0.160 e. The van der Waals surface area contributed by atoms with Crippen LogP contribution in [0.15, 0.2) is 18.2 Å². The van der Waals surface area contributed by atoms with Crippen molar-refractivity contribution in [3.05, 3.63) is 40.5 Å². The molecule has 2 N–H and O–H groups in total. The van der Waals surface area contributed by atoms with Gasteiger partial charge in [0, 0.05) is 35.3 Å². The predicted molar refractivity (Wildman–Crippen MR) is 104 cm³/mol. The van der Waals surface area contributed by atoms with Crippen molar-refractivity contribution in [2.45, 2.75) is 71.4 Å². The standard InChI is InChI=1S/C22H32N2O/c1-15-10-17-13-22(2,3)24-20(19(17)11-18(15)14-23-4)12-21(25)16-8-6-5-7-9-16/h10-12,16,23-24H,5-9,13-14H2,1-4H3. The Morgan fingerprint density at radius 3 is 2.68 bits per heavy atom. The topological polar surface area (TPSA) is 41.1 Å². The van der Waals surface area contributed by atoms with E-state index in [1.165, 1.54) is 41.5 Å². The maximum atomic E-state index is 12.8. The van der Waals surface area contributed by atoms with Gasteiger partial charge in [-0.25, -0.2) is 0 Å². The minimum Gasteiger partial charge on any atom is -0.379 e. The fourth-order valence-electron chi connectivity index (χ4n) is 4.30. The van der Waals surface area contributed by atoms with E-state index in [0.29, 0.717) is 5.78 Å². The van der Waals surface area contributed by atoms with Gasteiger partial charge in [-0.1, -0.05) is 25.3 Å². The monoisotopic (exact) mass is 340 g/mol. The highest BCUT2D eigenvalue weighted by molar-refractivity contribution is 5.98. The number of nitrogens with one attached hydrogen (secondary N) is 2. The van der Waals surface area contributed by atoms with Crippen LogP contribution in [-0.4, -0.2) is 18.4 Å². The van der Waals surface area contributed by atoms with Crippen LogP contribution in [0.5, 0.6) is 0 Å². The molecular formula is C22H32N2O. The van der Waals surface area contributed by atoms with E-state index < -0.39 is 0 Å². The van der Waals surface area contributed by atoms with Crippen LogP contribution in [0.1, 0.15) is 68.2 Å². The van der Waals surface area contributed by atoms with E-state index in [9.17, 15) is 4.79 Å². The lowest BCUT2D eigenvalue weighted by atomic mass is 9.82. The zero-order valence-corrected chi connectivity index (χ0v) is 16.2. The van der Waals surface area contributed by atoms with E-state index in [2.05, 4.69) is 43.5 Å². The van der Waals surface area contributed by atoms with Gasteiger partial charge in [-0.2, -0.15) is 0 Å². The zero-order chi connectivity index (χ0) is 18.0. The Hall–Kier alpha value is -1.61. The minimum absolute atomic E-state index is 0.0252. The highest BCUT2D eigenvalue weighted by atomic mass is 16.1. The number of allylic oxidation sites excluding steroid dienone is 1. The number of fused-ring (bicyclic) bond motifs is 1. The molecule has 3 heteroatoms. The Kier molecular flexibility index (Phi) is 5.33. The number of benzene rings is 1. The summed E-state index contributed by atoms with van der Waals surface area (Å²) < 4.78 is 0. The van der Waals surface area contributed by atoms with Crippen molar-refractivity contribution in [2.24, 2.45) is 5.92 Å². The van der Waals surface area contributed by atoms with Gasteiger partial charge < -0.3 is 10.6 Å². The second kappa shape index (κ2) is 7.33. The van der Waals surface area contributed by atoms with E-state index >= 15 is 0 Å².